The van der Waals surface area contributed by atoms with Gasteiger partial charge in [0.25, 0.3) is 0 Å². The van der Waals surface area contributed by atoms with Crippen LogP contribution in [0, 0.1) is 5.92 Å². The van der Waals surface area contributed by atoms with Gasteiger partial charge in [-0.05, 0) is 44.0 Å². The van der Waals surface area contributed by atoms with Gasteiger partial charge in [0.15, 0.2) is 0 Å². The first kappa shape index (κ1) is 14.3. The van der Waals surface area contributed by atoms with Crippen LogP contribution in [0.4, 0.5) is 0 Å². The molecule has 0 bridgehead atoms. The standard InChI is InChI=1S/C14H23ClN2S/c1-11(2)8-16-9-12-4-3-7-17(12)10-13-5-6-14(15)18-13/h5-6,11-12,16H,3-4,7-10H2,1-2H3. The maximum Gasteiger partial charge on any atom is 0.0931 e. The van der Waals surface area contributed by atoms with Crippen LogP contribution in [0.2, 0.25) is 4.34 Å². The number of thiophene rings is 1. The Balaban J connectivity index is 1.80. The van der Waals surface area contributed by atoms with Gasteiger partial charge in [-0.3, -0.25) is 4.90 Å². The molecule has 1 saturated heterocycles. The maximum atomic E-state index is 5.99. The first-order valence-electron chi connectivity index (χ1n) is 6.84. The molecule has 1 aromatic rings. The van der Waals surface area contributed by atoms with Crippen molar-refractivity contribution in [2.24, 2.45) is 5.92 Å². The highest BCUT2D eigenvalue weighted by Gasteiger charge is 2.24. The van der Waals surface area contributed by atoms with Gasteiger partial charge >= 0.3 is 0 Å². The van der Waals surface area contributed by atoms with E-state index in [1.54, 1.807) is 11.3 Å². The van der Waals surface area contributed by atoms with Crippen molar-refractivity contribution in [3.8, 4) is 0 Å². The number of rotatable bonds is 6. The molecule has 102 valence electrons. The lowest BCUT2D eigenvalue weighted by atomic mass is 10.2. The van der Waals surface area contributed by atoms with Gasteiger partial charge in [-0.1, -0.05) is 25.4 Å². The van der Waals surface area contributed by atoms with E-state index in [-0.39, 0.29) is 0 Å². The second-order valence-electron chi connectivity index (χ2n) is 5.52. The van der Waals surface area contributed by atoms with Gasteiger partial charge < -0.3 is 5.32 Å². The molecule has 0 aromatic carbocycles. The minimum absolute atomic E-state index is 0.699. The third kappa shape index (κ3) is 4.23. The topological polar surface area (TPSA) is 15.3 Å². The Kier molecular flexibility index (Phi) is 5.49. The van der Waals surface area contributed by atoms with Gasteiger partial charge in [0, 0.05) is 24.0 Å². The fourth-order valence-electron chi connectivity index (χ4n) is 2.51. The van der Waals surface area contributed by atoms with E-state index in [1.807, 2.05) is 6.07 Å². The summed E-state index contributed by atoms with van der Waals surface area (Å²) in [6.07, 6.45) is 2.65. The van der Waals surface area contributed by atoms with E-state index in [0.717, 1.165) is 29.9 Å². The molecular formula is C14H23ClN2S. The normalized spacial score (nSPS) is 21.0. The summed E-state index contributed by atoms with van der Waals surface area (Å²) in [5.41, 5.74) is 0. The number of likely N-dealkylation sites (tertiary alicyclic amines) is 1. The molecule has 1 fully saturated rings. The molecule has 0 radical (unpaired) electrons. The molecular weight excluding hydrogens is 264 g/mol. The van der Waals surface area contributed by atoms with E-state index >= 15 is 0 Å². The predicted molar refractivity (Wildman–Crippen MR) is 80.5 cm³/mol. The molecule has 0 amide bonds. The molecule has 2 nitrogen and oxygen atoms in total. The fourth-order valence-corrected chi connectivity index (χ4v) is 3.62. The SMILES string of the molecule is CC(C)CNCC1CCCN1Cc1ccc(Cl)s1. The lowest BCUT2D eigenvalue weighted by molar-refractivity contribution is 0.239. The van der Waals surface area contributed by atoms with Crippen molar-refractivity contribution >= 4 is 22.9 Å². The first-order valence-corrected chi connectivity index (χ1v) is 8.03. The third-order valence-corrected chi connectivity index (χ3v) is 4.64. The zero-order valence-corrected chi connectivity index (χ0v) is 12.9. The van der Waals surface area contributed by atoms with Crippen LogP contribution < -0.4 is 5.32 Å². The molecule has 1 aliphatic heterocycles. The number of nitrogens with zero attached hydrogens (tertiary/aromatic N) is 1. The van der Waals surface area contributed by atoms with E-state index in [9.17, 15) is 0 Å². The summed E-state index contributed by atoms with van der Waals surface area (Å²) in [7, 11) is 0. The quantitative estimate of drug-likeness (QED) is 0.859. The minimum atomic E-state index is 0.699. The van der Waals surface area contributed by atoms with Crippen LogP contribution in [-0.2, 0) is 6.54 Å². The van der Waals surface area contributed by atoms with E-state index in [2.05, 4.69) is 30.1 Å². The maximum absolute atomic E-state index is 5.99. The van der Waals surface area contributed by atoms with Crippen LogP contribution in [0.15, 0.2) is 12.1 Å². The van der Waals surface area contributed by atoms with Crippen molar-refractivity contribution in [1.82, 2.24) is 10.2 Å². The second-order valence-corrected chi connectivity index (χ2v) is 7.32. The van der Waals surface area contributed by atoms with E-state index in [0.29, 0.717) is 6.04 Å². The van der Waals surface area contributed by atoms with Crippen LogP contribution in [0.3, 0.4) is 0 Å². The Morgan fingerprint density at radius 2 is 2.33 bits per heavy atom. The molecule has 2 rings (SSSR count). The molecule has 1 N–H and O–H groups in total. The van der Waals surface area contributed by atoms with Gasteiger partial charge in [-0.15, -0.1) is 11.3 Å². The summed E-state index contributed by atoms with van der Waals surface area (Å²) in [6.45, 7) is 9.04. The summed E-state index contributed by atoms with van der Waals surface area (Å²) in [6, 6.07) is 4.86. The van der Waals surface area contributed by atoms with Gasteiger partial charge in [0.1, 0.15) is 0 Å². The van der Waals surface area contributed by atoms with Crippen LogP contribution >= 0.6 is 22.9 Å². The molecule has 1 atom stereocenters. The van der Waals surface area contributed by atoms with E-state index < -0.39 is 0 Å². The Bertz CT molecular complexity index is 364. The lowest BCUT2D eigenvalue weighted by Crippen LogP contribution is -2.38. The van der Waals surface area contributed by atoms with Crippen molar-refractivity contribution in [2.75, 3.05) is 19.6 Å². The highest BCUT2D eigenvalue weighted by molar-refractivity contribution is 7.16. The van der Waals surface area contributed by atoms with E-state index in [4.69, 9.17) is 11.6 Å². The monoisotopic (exact) mass is 286 g/mol. The van der Waals surface area contributed by atoms with Crippen molar-refractivity contribution in [3.05, 3.63) is 21.3 Å². The second kappa shape index (κ2) is 6.90. The van der Waals surface area contributed by atoms with Crippen molar-refractivity contribution in [1.29, 1.82) is 0 Å². The average Bonchev–Trinajstić information content (AvgIpc) is 2.89. The largest absolute Gasteiger partial charge is 0.315 e. The fraction of sp³-hybridized carbons (Fsp3) is 0.714. The molecule has 1 unspecified atom stereocenters. The summed E-state index contributed by atoms with van der Waals surface area (Å²) < 4.78 is 0.902. The number of hydrogen-bond donors (Lipinski definition) is 1. The van der Waals surface area contributed by atoms with Crippen molar-refractivity contribution in [3.63, 3.8) is 0 Å². The van der Waals surface area contributed by atoms with Gasteiger partial charge in [0.05, 0.1) is 4.34 Å². The average molecular weight is 287 g/mol. The van der Waals surface area contributed by atoms with E-state index in [1.165, 1.54) is 24.3 Å². The number of halogens is 1. The molecule has 1 aliphatic rings. The van der Waals surface area contributed by atoms with Gasteiger partial charge in [-0.2, -0.15) is 0 Å². The first-order chi connectivity index (χ1) is 8.65. The molecule has 0 saturated carbocycles. The molecule has 4 heteroatoms. The minimum Gasteiger partial charge on any atom is -0.315 e. The third-order valence-electron chi connectivity index (χ3n) is 3.42. The zero-order chi connectivity index (χ0) is 13.0. The molecule has 1 aromatic heterocycles. The molecule has 0 spiro atoms. The Morgan fingerprint density at radius 1 is 1.50 bits per heavy atom. The molecule has 18 heavy (non-hydrogen) atoms. The van der Waals surface area contributed by atoms with Crippen LogP contribution in [0.1, 0.15) is 31.6 Å². The van der Waals surface area contributed by atoms with Crippen LogP contribution in [-0.4, -0.2) is 30.6 Å². The smallest absolute Gasteiger partial charge is 0.0931 e. The number of nitrogens with one attached hydrogen (secondary N) is 1. The van der Waals surface area contributed by atoms with Crippen molar-refractivity contribution < 1.29 is 0 Å². The lowest BCUT2D eigenvalue weighted by Gasteiger charge is -2.24. The predicted octanol–water partition coefficient (Wildman–Crippen LogP) is 3.61. The molecule has 0 aliphatic carbocycles. The summed E-state index contributed by atoms with van der Waals surface area (Å²) >= 11 is 7.70. The highest BCUT2D eigenvalue weighted by atomic mass is 35.5. The Labute approximate surface area is 119 Å². The summed E-state index contributed by atoms with van der Waals surface area (Å²) in [4.78, 5) is 3.98. The summed E-state index contributed by atoms with van der Waals surface area (Å²) in [5, 5.41) is 3.58. The van der Waals surface area contributed by atoms with Crippen molar-refractivity contribution in [2.45, 2.75) is 39.3 Å². The summed E-state index contributed by atoms with van der Waals surface area (Å²) in [5.74, 6) is 0.732. The highest BCUT2D eigenvalue weighted by Crippen LogP contribution is 2.26. The Morgan fingerprint density at radius 3 is 3.00 bits per heavy atom. The van der Waals surface area contributed by atoms with Crippen LogP contribution in [0.25, 0.3) is 0 Å². The van der Waals surface area contributed by atoms with Gasteiger partial charge in [-0.25, -0.2) is 0 Å². The Hall–Kier alpha value is -0.0900. The van der Waals surface area contributed by atoms with Crippen LogP contribution in [0.5, 0.6) is 0 Å². The van der Waals surface area contributed by atoms with Gasteiger partial charge in [0.2, 0.25) is 0 Å². The number of hydrogen-bond acceptors (Lipinski definition) is 3. The molecule has 2 heterocycles. The zero-order valence-electron chi connectivity index (χ0n) is 11.3.